The number of tetrazole rings is 1. The molecule has 0 aliphatic heterocycles. The highest BCUT2D eigenvalue weighted by Gasteiger charge is 2.19. The van der Waals surface area contributed by atoms with Crippen molar-refractivity contribution in [2.24, 2.45) is 0 Å². The molecule has 0 unspecified atom stereocenters. The Hall–Kier alpha value is -2.83. The van der Waals surface area contributed by atoms with E-state index in [-0.39, 0.29) is 5.78 Å². The number of carbonyl (C=O) groups excluding carboxylic acids is 1. The van der Waals surface area contributed by atoms with Gasteiger partial charge in [-0.1, -0.05) is 0 Å². The summed E-state index contributed by atoms with van der Waals surface area (Å²) in [5.74, 6) is 1.24. The first-order valence-electron chi connectivity index (χ1n) is 6.19. The molecule has 7 heteroatoms. The lowest BCUT2D eigenvalue weighted by molar-refractivity contribution is 0.0994. The van der Waals surface area contributed by atoms with Gasteiger partial charge in [0, 0.05) is 18.1 Å². The molecule has 0 spiro atoms. The van der Waals surface area contributed by atoms with Crippen LogP contribution in [0.1, 0.15) is 22.3 Å². The quantitative estimate of drug-likeness (QED) is 0.698. The summed E-state index contributed by atoms with van der Waals surface area (Å²) in [5, 5.41) is 15.1. The van der Waals surface area contributed by atoms with E-state index in [0.29, 0.717) is 23.7 Å². The second-order valence-corrected chi connectivity index (χ2v) is 4.54. The second-order valence-electron chi connectivity index (χ2n) is 4.54. The molecule has 0 atom stereocenters. The lowest BCUT2D eigenvalue weighted by atomic mass is 10.1. The van der Waals surface area contributed by atoms with Crippen LogP contribution in [-0.4, -0.2) is 31.0 Å². The highest BCUT2D eigenvalue weighted by Crippen LogP contribution is 2.28. The monoisotopic (exact) mass is 267 g/mol. The Labute approximate surface area is 113 Å². The summed E-state index contributed by atoms with van der Waals surface area (Å²) in [7, 11) is 0. The number of ketones is 1. The van der Waals surface area contributed by atoms with Gasteiger partial charge in [-0.25, -0.2) is 0 Å². The number of nitrogens with zero attached hydrogens (tertiary/aromatic N) is 5. The predicted molar refractivity (Wildman–Crippen MR) is 67.7 cm³/mol. The van der Waals surface area contributed by atoms with Crippen molar-refractivity contribution >= 4 is 11.4 Å². The number of hydrogen-bond acceptors (Lipinski definition) is 6. The van der Waals surface area contributed by atoms with Crippen LogP contribution in [0.3, 0.4) is 0 Å². The molecule has 2 heterocycles. The molecule has 0 saturated heterocycles. The first-order chi connectivity index (χ1) is 9.79. The molecule has 1 aliphatic carbocycles. The number of aromatic nitrogens is 5. The number of hydrogen-bond donors (Lipinski definition) is 0. The van der Waals surface area contributed by atoms with Gasteiger partial charge in [0.15, 0.2) is 11.4 Å². The molecule has 4 rings (SSSR count). The number of fused-ring (bicyclic) bond motifs is 2. The third kappa shape index (κ3) is 1.71. The number of Topliss-reactive ketones (excluding diaryl/α,β-unsaturated/α-hetero) is 1. The largest absolute Gasteiger partial charge is 0.438 e. The zero-order valence-electron chi connectivity index (χ0n) is 10.4. The van der Waals surface area contributed by atoms with Crippen molar-refractivity contribution < 1.29 is 9.53 Å². The van der Waals surface area contributed by atoms with Gasteiger partial charge >= 0.3 is 0 Å². The number of benzene rings is 1. The first kappa shape index (κ1) is 11.0. The molecule has 3 aromatic rings. The number of carbonyl (C=O) groups is 1. The fourth-order valence-corrected chi connectivity index (χ4v) is 2.30. The highest BCUT2D eigenvalue weighted by molar-refractivity contribution is 6.00. The molecule has 2 aromatic heterocycles. The molecule has 0 radical (unpaired) electrons. The molecule has 0 fully saturated rings. The van der Waals surface area contributed by atoms with Crippen molar-refractivity contribution in [2.45, 2.75) is 12.8 Å². The Morgan fingerprint density at radius 3 is 3.05 bits per heavy atom. The topological polar surface area (TPSA) is 82.3 Å². The number of ether oxygens (including phenoxy) is 1. The lowest BCUT2D eigenvalue weighted by Crippen LogP contribution is -1.97. The minimum Gasteiger partial charge on any atom is -0.438 e. The number of rotatable bonds is 2. The molecule has 20 heavy (non-hydrogen) atoms. The van der Waals surface area contributed by atoms with Crippen molar-refractivity contribution in [1.29, 1.82) is 0 Å². The first-order valence-corrected chi connectivity index (χ1v) is 6.19. The van der Waals surface area contributed by atoms with E-state index in [1.165, 1.54) is 4.63 Å². The van der Waals surface area contributed by atoms with Crippen LogP contribution in [0.5, 0.6) is 11.6 Å². The third-order valence-corrected chi connectivity index (χ3v) is 3.27. The van der Waals surface area contributed by atoms with E-state index in [0.717, 1.165) is 17.5 Å². The molecule has 7 nitrogen and oxygen atoms in total. The summed E-state index contributed by atoms with van der Waals surface area (Å²) in [6.45, 7) is 0. The summed E-state index contributed by atoms with van der Waals surface area (Å²) >= 11 is 0. The van der Waals surface area contributed by atoms with E-state index in [4.69, 9.17) is 4.74 Å². The van der Waals surface area contributed by atoms with Gasteiger partial charge in [-0.05, 0) is 46.7 Å². The van der Waals surface area contributed by atoms with Gasteiger partial charge in [-0.3, -0.25) is 4.79 Å². The van der Waals surface area contributed by atoms with Crippen LogP contribution < -0.4 is 4.74 Å². The van der Waals surface area contributed by atoms with Crippen LogP contribution in [0.4, 0.5) is 0 Å². The zero-order valence-corrected chi connectivity index (χ0v) is 10.4. The molecule has 98 valence electrons. The van der Waals surface area contributed by atoms with Crippen LogP contribution in [0.15, 0.2) is 30.3 Å². The molecule has 0 saturated carbocycles. The summed E-state index contributed by atoms with van der Waals surface area (Å²) < 4.78 is 6.98. The van der Waals surface area contributed by atoms with Crippen molar-refractivity contribution in [3.63, 3.8) is 0 Å². The van der Waals surface area contributed by atoms with Gasteiger partial charge < -0.3 is 4.74 Å². The highest BCUT2D eigenvalue weighted by atomic mass is 16.5. The summed E-state index contributed by atoms with van der Waals surface area (Å²) in [6.07, 6.45) is 1.35. The van der Waals surface area contributed by atoms with Crippen LogP contribution in [0, 0.1) is 0 Å². The Kier molecular flexibility index (Phi) is 2.26. The van der Waals surface area contributed by atoms with Crippen LogP contribution in [0.2, 0.25) is 0 Å². The van der Waals surface area contributed by atoms with Gasteiger partial charge in [0.2, 0.25) is 5.88 Å². The Bertz CT molecular complexity index is 826. The van der Waals surface area contributed by atoms with Gasteiger partial charge in [0.1, 0.15) is 5.75 Å². The SMILES string of the molecule is O=C1CCc2cc(Oc3ccc4nnnn4n3)ccc21. The third-order valence-electron chi connectivity index (χ3n) is 3.27. The van der Waals surface area contributed by atoms with Crippen molar-refractivity contribution in [1.82, 2.24) is 25.3 Å². The zero-order chi connectivity index (χ0) is 13.5. The molecule has 0 bridgehead atoms. The van der Waals surface area contributed by atoms with E-state index in [2.05, 4.69) is 20.6 Å². The Balaban J connectivity index is 1.67. The van der Waals surface area contributed by atoms with E-state index in [9.17, 15) is 4.79 Å². The van der Waals surface area contributed by atoms with E-state index >= 15 is 0 Å². The van der Waals surface area contributed by atoms with Crippen molar-refractivity contribution in [2.75, 3.05) is 0 Å². The standard InChI is InChI=1S/C13H9N5O2/c19-11-4-1-8-7-9(2-3-10(8)11)20-13-6-5-12-14-16-17-18(12)15-13/h2-3,5-7H,1,4H2. The molecule has 0 N–H and O–H groups in total. The maximum absolute atomic E-state index is 11.6. The predicted octanol–water partition coefficient (Wildman–Crippen LogP) is 1.44. The van der Waals surface area contributed by atoms with Crippen molar-refractivity contribution in [3.05, 3.63) is 41.5 Å². The second kappa shape index (κ2) is 4.09. The van der Waals surface area contributed by atoms with Gasteiger partial charge in [-0.15, -0.1) is 14.8 Å². The fourth-order valence-electron chi connectivity index (χ4n) is 2.30. The molecule has 1 aliphatic rings. The van der Waals surface area contributed by atoms with E-state index < -0.39 is 0 Å². The summed E-state index contributed by atoms with van der Waals surface area (Å²) in [4.78, 5) is 11.6. The van der Waals surface area contributed by atoms with Crippen LogP contribution in [0.25, 0.3) is 5.65 Å². The minimum absolute atomic E-state index is 0.194. The Morgan fingerprint density at radius 1 is 1.15 bits per heavy atom. The minimum atomic E-state index is 0.194. The average Bonchev–Trinajstić information content (AvgIpc) is 3.05. The molecule has 0 amide bonds. The maximum Gasteiger partial charge on any atom is 0.239 e. The van der Waals surface area contributed by atoms with Crippen molar-refractivity contribution in [3.8, 4) is 11.6 Å². The van der Waals surface area contributed by atoms with Crippen LogP contribution >= 0.6 is 0 Å². The van der Waals surface area contributed by atoms with Gasteiger partial charge in [-0.2, -0.15) is 0 Å². The maximum atomic E-state index is 11.6. The summed E-state index contributed by atoms with van der Waals surface area (Å²) in [5.41, 5.74) is 2.37. The molecular weight excluding hydrogens is 258 g/mol. The fraction of sp³-hybridized carbons (Fsp3) is 0.154. The summed E-state index contributed by atoms with van der Waals surface area (Å²) in [6, 6.07) is 8.87. The normalized spacial score (nSPS) is 13.7. The van der Waals surface area contributed by atoms with Gasteiger partial charge in [0.25, 0.3) is 0 Å². The lowest BCUT2D eigenvalue weighted by Gasteiger charge is -2.06. The van der Waals surface area contributed by atoms with E-state index in [1.54, 1.807) is 24.3 Å². The average molecular weight is 267 g/mol. The van der Waals surface area contributed by atoms with E-state index in [1.807, 2.05) is 6.07 Å². The Morgan fingerprint density at radius 2 is 2.10 bits per heavy atom. The smallest absolute Gasteiger partial charge is 0.239 e. The van der Waals surface area contributed by atoms with Crippen LogP contribution in [-0.2, 0) is 6.42 Å². The number of aryl methyl sites for hydroxylation is 1. The molecular formula is C13H9N5O2. The van der Waals surface area contributed by atoms with Gasteiger partial charge in [0.05, 0.1) is 0 Å². The molecule has 1 aromatic carbocycles.